The number of alkyl halides is 2. The van der Waals surface area contributed by atoms with Gasteiger partial charge in [0.25, 0.3) is 0 Å². The number of halogens is 2. The second-order valence-electron chi connectivity index (χ2n) is 9.71. The maximum absolute atomic E-state index is 12.6. The Kier molecular flexibility index (Phi) is 6.37. The third-order valence-corrected chi connectivity index (χ3v) is 8.46. The fraction of sp³-hybridized carbons (Fsp3) is 0.905. The van der Waals surface area contributed by atoms with Crippen LogP contribution in [0.3, 0.4) is 0 Å². The molecule has 29 heavy (non-hydrogen) atoms. The summed E-state index contributed by atoms with van der Waals surface area (Å²) in [5, 5.41) is 9.63. The quantitative estimate of drug-likeness (QED) is 0.525. The van der Waals surface area contributed by atoms with Crippen molar-refractivity contribution in [1.82, 2.24) is 16.0 Å². The van der Waals surface area contributed by atoms with Crippen molar-refractivity contribution in [2.75, 3.05) is 13.2 Å². The van der Waals surface area contributed by atoms with E-state index in [9.17, 15) is 9.59 Å². The predicted octanol–water partition coefficient (Wildman–Crippen LogP) is 2.46. The molecule has 5 unspecified atom stereocenters. The number of ether oxygens (including phenoxy) is 1. The topological polar surface area (TPSA) is 79.5 Å². The van der Waals surface area contributed by atoms with Crippen LogP contribution in [0.1, 0.15) is 64.7 Å². The highest BCUT2D eigenvalue weighted by atomic mass is 35.5. The van der Waals surface area contributed by atoms with Crippen molar-refractivity contribution >= 4 is 35.0 Å². The maximum Gasteiger partial charge on any atom is 0.246 e. The SMILES string of the molecule is CCC1CCNC(C(=O)NC23CC(NC(=O)COC4CCC(Cl)C(Cl)C4)(C2)C3)C1. The molecule has 0 aromatic heterocycles. The van der Waals surface area contributed by atoms with E-state index < -0.39 is 0 Å². The number of piperidine rings is 1. The average molecular weight is 446 g/mol. The summed E-state index contributed by atoms with van der Waals surface area (Å²) in [5.41, 5.74) is -0.265. The van der Waals surface area contributed by atoms with Gasteiger partial charge in [-0.05, 0) is 63.8 Å². The molecule has 6 nitrogen and oxygen atoms in total. The number of rotatable bonds is 7. The lowest BCUT2D eigenvalue weighted by Gasteiger charge is -2.70. The van der Waals surface area contributed by atoms with Crippen molar-refractivity contribution in [3.63, 3.8) is 0 Å². The molecule has 2 amide bonds. The molecule has 8 heteroatoms. The van der Waals surface area contributed by atoms with Gasteiger partial charge in [0.05, 0.1) is 22.9 Å². The summed E-state index contributed by atoms with van der Waals surface area (Å²) < 4.78 is 5.75. The summed E-state index contributed by atoms with van der Waals surface area (Å²) in [6.45, 7) is 3.17. The number of carbonyl (C=O) groups is 2. The molecule has 5 fully saturated rings. The number of carbonyl (C=O) groups excluding carboxylic acids is 2. The van der Waals surface area contributed by atoms with Gasteiger partial charge in [0, 0.05) is 11.1 Å². The average Bonchev–Trinajstić information content (AvgIpc) is 2.66. The molecule has 5 rings (SSSR count). The molecule has 0 aromatic carbocycles. The first-order valence-electron chi connectivity index (χ1n) is 11.1. The second-order valence-corrected chi connectivity index (χ2v) is 10.8. The highest BCUT2D eigenvalue weighted by molar-refractivity contribution is 6.30. The minimum atomic E-state index is -0.150. The molecular weight excluding hydrogens is 413 g/mol. The van der Waals surface area contributed by atoms with Crippen LogP contribution in [-0.4, -0.2) is 58.9 Å². The zero-order chi connectivity index (χ0) is 20.6. The van der Waals surface area contributed by atoms with E-state index in [1.54, 1.807) is 0 Å². The van der Waals surface area contributed by atoms with Gasteiger partial charge < -0.3 is 20.7 Å². The van der Waals surface area contributed by atoms with E-state index in [0.29, 0.717) is 12.3 Å². The minimum absolute atomic E-state index is 0.00538. The van der Waals surface area contributed by atoms with Gasteiger partial charge in [-0.1, -0.05) is 13.3 Å². The van der Waals surface area contributed by atoms with Gasteiger partial charge in [-0.25, -0.2) is 0 Å². The Morgan fingerprint density at radius 1 is 1.03 bits per heavy atom. The van der Waals surface area contributed by atoms with Gasteiger partial charge in [0.15, 0.2) is 0 Å². The molecule has 3 N–H and O–H groups in total. The number of amides is 2. The Balaban J connectivity index is 1.15. The molecule has 0 radical (unpaired) electrons. The summed E-state index contributed by atoms with van der Waals surface area (Å²) in [6, 6.07) is -0.0736. The van der Waals surface area contributed by atoms with E-state index in [1.165, 1.54) is 0 Å². The highest BCUT2D eigenvalue weighted by Gasteiger charge is 2.69. The van der Waals surface area contributed by atoms with Gasteiger partial charge in [0.2, 0.25) is 11.8 Å². The van der Waals surface area contributed by atoms with Crippen molar-refractivity contribution in [2.45, 2.75) is 98.7 Å². The van der Waals surface area contributed by atoms with E-state index in [0.717, 1.165) is 57.9 Å². The van der Waals surface area contributed by atoms with E-state index in [-0.39, 0.29) is 52.4 Å². The monoisotopic (exact) mass is 445 g/mol. The van der Waals surface area contributed by atoms with Crippen molar-refractivity contribution in [3.8, 4) is 0 Å². The normalized spacial score (nSPS) is 43.6. The van der Waals surface area contributed by atoms with Crippen LogP contribution < -0.4 is 16.0 Å². The fourth-order valence-corrected chi connectivity index (χ4v) is 6.24. The summed E-state index contributed by atoms with van der Waals surface area (Å²) in [4.78, 5) is 25.0. The van der Waals surface area contributed by atoms with Gasteiger partial charge in [-0.15, -0.1) is 23.2 Å². The molecular formula is C21H33Cl2N3O3. The van der Waals surface area contributed by atoms with Crippen molar-refractivity contribution < 1.29 is 14.3 Å². The first-order valence-corrected chi connectivity index (χ1v) is 12.0. The summed E-state index contributed by atoms with van der Waals surface area (Å²) in [7, 11) is 0. The zero-order valence-corrected chi connectivity index (χ0v) is 18.7. The van der Waals surface area contributed by atoms with E-state index in [2.05, 4.69) is 22.9 Å². The lowest BCUT2D eigenvalue weighted by atomic mass is 9.44. The van der Waals surface area contributed by atoms with Gasteiger partial charge >= 0.3 is 0 Å². The molecule has 5 aliphatic rings. The Labute approximate surface area is 183 Å². The molecule has 1 heterocycles. The second kappa shape index (κ2) is 8.52. The lowest BCUT2D eigenvalue weighted by molar-refractivity contribution is -0.154. The Morgan fingerprint density at radius 2 is 1.76 bits per heavy atom. The summed E-state index contributed by atoms with van der Waals surface area (Å²) in [5.74, 6) is 0.680. The van der Waals surface area contributed by atoms with E-state index >= 15 is 0 Å². The van der Waals surface area contributed by atoms with E-state index in [4.69, 9.17) is 27.9 Å². The highest BCUT2D eigenvalue weighted by Crippen LogP contribution is 2.60. The molecule has 2 bridgehead atoms. The summed E-state index contributed by atoms with van der Waals surface area (Å²) in [6.07, 6.45) is 8.04. The zero-order valence-electron chi connectivity index (χ0n) is 17.1. The first-order chi connectivity index (χ1) is 13.8. The lowest BCUT2D eigenvalue weighted by Crippen LogP contribution is -2.84. The minimum Gasteiger partial charge on any atom is -0.368 e. The van der Waals surface area contributed by atoms with Crippen molar-refractivity contribution in [2.24, 2.45) is 5.92 Å². The Bertz CT molecular complexity index is 627. The number of nitrogens with one attached hydrogen (secondary N) is 3. The van der Waals surface area contributed by atoms with Crippen molar-refractivity contribution in [1.29, 1.82) is 0 Å². The molecule has 5 atom stereocenters. The van der Waals surface area contributed by atoms with Gasteiger partial charge in [-0.3, -0.25) is 9.59 Å². The van der Waals surface area contributed by atoms with Crippen LogP contribution in [0.5, 0.6) is 0 Å². The predicted molar refractivity (Wildman–Crippen MR) is 113 cm³/mol. The van der Waals surface area contributed by atoms with Crippen LogP contribution in [0.4, 0.5) is 0 Å². The molecule has 4 saturated carbocycles. The van der Waals surface area contributed by atoms with Crippen LogP contribution in [0, 0.1) is 5.92 Å². The van der Waals surface area contributed by atoms with Crippen LogP contribution >= 0.6 is 23.2 Å². The third kappa shape index (κ3) is 4.70. The van der Waals surface area contributed by atoms with E-state index in [1.807, 2.05) is 0 Å². The van der Waals surface area contributed by atoms with Crippen molar-refractivity contribution in [3.05, 3.63) is 0 Å². The number of hydrogen-bond donors (Lipinski definition) is 3. The molecule has 1 saturated heterocycles. The molecule has 4 aliphatic carbocycles. The Morgan fingerprint density at radius 3 is 2.45 bits per heavy atom. The standard InChI is InChI=1S/C21H33Cl2N3O3/c1-2-13-5-6-24-17(7-13)19(28)26-21-10-20(11-21,12-21)25-18(27)9-29-14-3-4-15(22)16(23)8-14/h13-17,24H,2-12H2,1H3,(H,25,27)(H,26,28). The van der Waals surface area contributed by atoms with Gasteiger partial charge in [-0.2, -0.15) is 0 Å². The fourth-order valence-electron chi connectivity index (χ4n) is 5.69. The molecule has 0 spiro atoms. The van der Waals surface area contributed by atoms with Crippen LogP contribution in [-0.2, 0) is 14.3 Å². The van der Waals surface area contributed by atoms with Crippen LogP contribution in [0.15, 0.2) is 0 Å². The molecule has 1 aliphatic heterocycles. The maximum atomic E-state index is 12.6. The molecule has 164 valence electrons. The molecule has 0 aromatic rings. The largest absolute Gasteiger partial charge is 0.368 e. The smallest absolute Gasteiger partial charge is 0.246 e. The van der Waals surface area contributed by atoms with Crippen LogP contribution in [0.2, 0.25) is 0 Å². The first kappa shape index (κ1) is 21.7. The Hall–Kier alpha value is -0.560. The van der Waals surface area contributed by atoms with Crippen LogP contribution in [0.25, 0.3) is 0 Å². The third-order valence-electron chi connectivity index (χ3n) is 7.32. The van der Waals surface area contributed by atoms with Gasteiger partial charge in [0.1, 0.15) is 6.61 Å². The summed E-state index contributed by atoms with van der Waals surface area (Å²) >= 11 is 12.3. The number of hydrogen-bond acceptors (Lipinski definition) is 4.